The largest absolute Gasteiger partial charge is 0.340 e. The highest BCUT2D eigenvalue weighted by Gasteiger charge is 2.28. The van der Waals surface area contributed by atoms with Gasteiger partial charge in [-0.25, -0.2) is 4.39 Å². The van der Waals surface area contributed by atoms with Gasteiger partial charge in [-0.1, -0.05) is 6.07 Å². The van der Waals surface area contributed by atoms with Crippen LogP contribution in [0, 0.1) is 5.82 Å². The number of fused-ring (bicyclic) bond motifs is 1. The van der Waals surface area contributed by atoms with E-state index < -0.39 is 17.9 Å². The maximum Gasteiger partial charge on any atom is 0.262 e. The van der Waals surface area contributed by atoms with Gasteiger partial charge in [0.15, 0.2) is 0 Å². The van der Waals surface area contributed by atoms with Crippen LogP contribution in [0.5, 0.6) is 0 Å². The fourth-order valence-corrected chi connectivity index (χ4v) is 3.18. The van der Waals surface area contributed by atoms with Crippen molar-refractivity contribution in [2.24, 2.45) is 0 Å². The lowest BCUT2D eigenvalue weighted by Gasteiger charge is -2.21. The first kappa shape index (κ1) is 13.7. The van der Waals surface area contributed by atoms with E-state index in [4.69, 9.17) is 0 Å². The van der Waals surface area contributed by atoms with Gasteiger partial charge < -0.3 is 5.32 Å². The lowest BCUT2D eigenvalue weighted by atomic mass is 10.1. The minimum absolute atomic E-state index is 0.192. The van der Waals surface area contributed by atoms with Crippen LogP contribution in [0.1, 0.15) is 22.5 Å². The van der Waals surface area contributed by atoms with Gasteiger partial charge in [0.25, 0.3) is 5.91 Å². The van der Waals surface area contributed by atoms with Gasteiger partial charge in [-0.3, -0.25) is 19.7 Å². The zero-order chi connectivity index (χ0) is 15.0. The molecule has 1 aromatic heterocycles. The maximum atomic E-state index is 13.6. The number of carbonyl (C=O) groups is 3. The van der Waals surface area contributed by atoms with Crippen LogP contribution in [0.15, 0.2) is 24.3 Å². The second kappa shape index (κ2) is 5.25. The van der Waals surface area contributed by atoms with E-state index in [1.165, 1.54) is 12.1 Å². The smallest absolute Gasteiger partial charge is 0.262 e. The molecule has 2 N–H and O–H groups in total. The van der Waals surface area contributed by atoms with Crippen LogP contribution >= 0.6 is 11.3 Å². The van der Waals surface area contributed by atoms with E-state index in [0.717, 1.165) is 11.3 Å². The fraction of sp³-hybridized carbons (Fsp3) is 0.214. The van der Waals surface area contributed by atoms with E-state index in [-0.39, 0.29) is 24.6 Å². The average Bonchev–Trinajstić information content (AvgIpc) is 2.87. The highest BCUT2D eigenvalue weighted by molar-refractivity contribution is 7.20. The van der Waals surface area contributed by atoms with Crippen LogP contribution in [0.2, 0.25) is 0 Å². The Morgan fingerprint density at radius 2 is 2.19 bits per heavy atom. The Hall–Kier alpha value is -2.28. The summed E-state index contributed by atoms with van der Waals surface area (Å²) in [6.45, 7) is 0. The van der Waals surface area contributed by atoms with Gasteiger partial charge in [0.1, 0.15) is 11.9 Å². The molecule has 0 saturated carbocycles. The van der Waals surface area contributed by atoms with Crippen molar-refractivity contribution in [1.82, 2.24) is 10.6 Å². The summed E-state index contributed by atoms with van der Waals surface area (Å²) in [6, 6.07) is 5.38. The van der Waals surface area contributed by atoms with Gasteiger partial charge in [-0.15, -0.1) is 11.3 Å². The molecule has 2 heterocycles. The van der Waals surface area contributed by atoms with Gasteiger partial charge in [0, 0.05) is 16.5 Å². The predicted octanol–water partition coefficient (Wildman–Crippen LogP) is 1.58. The SMILES string of the molecule is O=C1CCC(NC(=O)c2cc3c(F)cccc3s2)C(=O)N1. The molecule has 0 aliphatic carbocycles. The first-order valence-electron chi connectivity index (χ1n) is 6.37. The Kier molecular flexibility index (Phi) is 3.42. The van der Waals surface area contributed by atoms with Crippen LogP contribution in [0.4, 0.5) is 4.39 Å². The molecule has 1 fully saturated rings. The molecule has 0 spiro atoms. The summed E-state index contributed by atoms with van der Waals surface area (Å²) in [6.07, 6.45) is 0.466. The molecule has 1 saturated heterocycles. The summed E-state index contributed by atoms with van der Waals surface area (Å²) in [5.41, 5.74) is 0. The van der Waals surface area contributed by atoms with Gasteiger partial charge in [-0.2, -0.15) is 0 Å². The topological polar surface area (TPSA) is 75.3 Å². The zero-order valence-electron chi connectivity index (χ0n) is 10.8. The standard InChI is InChI=1S/C14H11FN2O3S/c15-8-2-1-3-10-7(8)6-11(21-10)14(20)16-9-4-5-12(18)17-13(9)19/h1-3,6,9H,4-5H2,(H,16,20)(H,17,18,19). The number of imide groups is 1. The highest BCUT2D eigenvalue weighted by Crippen LogP contribution is 2.27. The third-order valence-corrected chi connectivity index (χ3v) is 4.38. The Labute approximate surface area is 123 Å². The van der Waals surface area contributed by atoms with E-state index in [1.54, 1.807) is 12.1 Å². The second-order valence-electron chi connectivity index (χ2n) is 4.74. The van der Waals surface area contributed by atoms with Gasteiger partial charge in [0.05, 0.1) is 4.88 Å². The predicted molar refractivity (Wildman–Crippen MR) is 75.4 cm³/mol. The zero-order valence-corrected chi connectivity index (χ0v) is 11.6. The Bertz CT molecular complexity index is 756. The molecular weight excluding hydrogens is 295 g/mol. The van der Waals surface area contributed by atoms with Crippen LogP contribution < -0.4 is 10.6 Å². The first-order valence-corrected chi connectivity index (χ1v) is 7.19. The van der Waals surface area contributed by atoms with Gasteiger partial charge >= 0.3 is 0 Å². The summed E-state index contributed by atoms with van der Waals surface area (Å²) < 4.78 is 14.3. The number of rotatable bonds is 2. The van der Waals surface area contributed by atoms with E-state index in [2.05, 4.69) is 10.6 Å². The summed E-state index contributed by atoms with van der Waals surface area (Å²) in [5.74, 6) is -1.67. The molecule has 1 atom stereocenters. The molecule has 108 valence electrons. The first-order chi connectivity index (χ1) is 10.0. The molecule has 1 aliphatic heterocycles. The lowest BCUT2D eigenvalue weighted by molar-refractivity contribution is -0.134. The Morgan fingerprint density at radius 3 is 2.90 bits per heavy atom. The number of nitrogens with one attached hydrogen (secondary N) is 2. The molecule has 3 amide bonds. The minimum atomic E-state index is -0.731. The average molecular weight is 306 g/mol. The van der Waals surface area contributed by atoms with Crippen LogP contribution in [-0.2, 0) is 9.59 Å². The second-order valence-corrected chi connectivity index (χ2v) is 5.82. The van der Waals surface area contributed by atoms with Crippen LogP contribution in [0.3, 0.4) is 0 Å². The number of thiophene rings is 1. The van der Waals surface area contributed by atoms with Gasteiger partial charge in [-0.05, 0) is 24.6 Å². The summed E-state index contributed by atoms with van der Waals surface area (Å²) in [7, 11) is 0. The molecule has 5 nitrogen and oxygen atoms in total. The van der Waals surface area contributed by atoms with Crippen molar-refractivity contribution in [3.05, 3.63) is 35.0 Å². The van der Waals surface area contributed by atoms with Crippen molar-refractivity contribution in [2.75, 3.05) is 0 Å². The number of carbonyl (C=O) groups excluding carboxylic acids is 3. The third-order valence-electron chi connectivity index (χ3n) is 3.28. The third kappa shape index (κ3) is 2.64. The Balaban J connectivity index is 1.79. The van der Waals surface area contributed by atoms with E-state index in [1.807, 2.05) is 0 Å². The highest BCUT2D eigenvalue weighted by atomic mass is 32.1. The number of halogens is 1. The molecule has 1 aliphatic rings. The van der Waals surface area contributed by atoms with Crippen molar-refractivity contribution in [3.8, 4) is 0 Å². The van der Waals surface area contributed by atoms with E-state index >= 15 is 0 Å². The molecule has 0 bridgehead atoms. The number of amides is 3. The van der Waals surface area contributed by atoms with Crippen molar-refractivity contribution < 1.29 is 18.8 Å². The quantitative estimate of drug-likeness (QED) is 0.827. The molecule has 3 rings (SSSR count). The maximum absolute atomic E-state index is 13.6. The summed E-state index contributed by atoms with van der Waals surface area (Å²) in [4.78, 5) is 35.1. The number of benzene rings is 1. The fourth-order valence-electron chi connectivity index (χ4n) is 2.20. The van der Waals surface area contributed by atoms with E-state index in [0.29, 0.717) is 15.0 Å². The summed E-state index contributed by atoms with van der Waals surface area (Å²) >= 11 is 1.16. The molecular formula is C14H11FN2O3S. The van der Waals surface area contributed by atoms with Crippen molar-refractivity contribution in [1.29, 1.82) is 0 Å². The molecule has 21 heavy (non-hydrogen) atoms. The monoisotopic (exact) mass is 306 g/mol. The number of hydrogen-bond donors (Lipinski definition) is 2. The molecule has 0 radical (unpaired) electrons. The molecule has 1 unspecified atom stereocenters. The normalized spacial score (nSPS) is 18.6. The molecule has 2 aromatic rings. The lowest BCUT2D eigenvalue weighted by Crippen LogP contribution is -2.52. The van der Waals surface area contributed by atoms with Gasteiger partial charge in [0.2, 0.25) is 11.8 Å². The number of hydrogen-bond acceptors (Lipinski definition) is 4. The van der Waals surface area contributed by atoms with Crippen LogP contribution in [-0.4, -0.2) is 23.8 Å². The molecule has 1 aromatic carbocycles. The van der Waals surface area contributed by atoms with Crippen molar-refractivity contribution in [3.63, 3.8) is 0 Å². The minimum Gasteiger partial charge on any atom is -0.340 e. The van der Waals surface area contributed by atoms with Crippen LogP contribution in [0.25, 0.3) is 10.1 Å². The molecule has 7 heteroatoms. The Morgan fingerprint density at radius 1 is 1.38 bits per heavy atom. The van der Waals surface area contributed by atoms with Crippen molar-refractivity contribution >= 4 is 39.1 Å². The van der Waals surface area contributed by atoms with Crippen molar-refractivity contribution in [2.45, 2.75) is 18.9 Å². The summed E-state index contributed by atoms with van der Waals surface area (Å²) in [5, 5.41) is 5.13. The number of piperidine rings is 1. The van der Waals surface area contributed by atoms with E-state index in [9.17, 15) is 18.8 Å².